The van der Waals surface area contributed by atoms with Crippen molar-refractivity contribution < 1.29 is 0 Å². The number of nitrogens with zero attached hydrogens (tertiary/aromatic N) is 2. The Balaban J connectivity index is 2.41. The lowest BCUT2D eigenvalue weighted by atomic mass is 10.2. The van der Waals surface area contributed by atoms with Crippen LogP contribution < -0.4 is 10.6 Å². The lowest BCUT2D eigenvalue weighted by molar-refractivity contribution is 0.808. The van der Waals surface area contributed by atoms with Gasteiger partial charge in [0.1, 0.15) is 5.82 Å². The molecule has 0 aliphatic rings. The second-order valence-corrected chi connectivity index (χ2v) is 5.88. The molecule has 3 nitrogen and oxygen atoms in total. The largest absolute Gasteiger partial charge is 0.330 e. The smallest absolute Gasteiger partial charge is 0.147 e. The Bertz CT molecular complexity index is 589. The van der Waals surface area contributed by atoms with Gasteiger partial charge in [0, 0.05) is 18.4 Å². The van der Waals surface area contributed by atoms with Crippen LogP contribution in [0.1, 0.15) is 12.0 Å². The second-order valence-electron chi connectivity index (χ2n) is 4.59. The van der Waals surface area contributed by atoms with Gasteiger partial charge in [0.05, 0.1) is 9.50 Å². The van der Waals surface area contributed by atoms with Crippen molar-refractivity contribution in [3.63, 3.8) is 0 Å². The molecule has 0 aliphatic heterocycles. The predicted molar refractivity (Wildman–Crippen MR) is 88.8 cm³/mol. The lowest BCUT2D eigenvalue weighted by Gasteiger charge is -2.25. The van der Waals surface area contributed by atoms with Crippen LogP contribution in [0.2, 0.25) is 5.02 Å². The van der Waals surface area contributed by atoms with Crippen LogP contribution in [0.25, 0.3) is 0 Å². The van der Waals surface area contributed by atoms with Gasteiger partial charge in [-0.3, -0.25) is 0 Å². The summed E-state index contributed by atoms with van der Waals surface area (Å²) in [4.78, 5) is 6.60. The van der Waals surface area contributed by atoms with E-state index in [2.05, 4.69) is 50.9 Å². The SMILES string of the molecule is Cc1cccc(N(CCCN)c2ncc(Cl)cc2Br)c1. The standard InChI is InChI=1S/C15H17BrClN3/c1-11-4-2-5-13(8-11)20(7-3-6-18)15-14(16)9-12(17)10-19-15/h2,4-5,8-10H,3,6-7,18H2,1H3. The molecular weight excluding hydrogens is 338 g/mol. The van der Waals surface area contributed by atoms with Crippen molar-refractivity contribution in [1.29, 1.82) is 0 Å². The number of hydrogen-bond donors (Lipinski definition) is 1. The highest BCUT2D eigenvalue weighted by atomic mass is 79.9. The zero-order valence-electron chi connectivity index (χ0n) is 11.3. The van der Waals surface area contributed by atoms with E-state index in [0.29, 0.717) is 11.6 Å². The molecule has 0 fully saturated rings. The highest BCUT2D eigenvalue weighted by Gasteiger charge is 2.14. The Kier molecular flexibility index (Phi) is 5.40. The summed E-state index contributed by atoms with van der Waals surface area (Å²) in [5.74, 6) is 0.855. The van der Waals surface area contributed by atoms with Crippen LogP contribution in [0.3, 0.4) is 0 Å². The maximum absolute atomic E-state index is 5.97. The molecule has 0 saturated heterocycles. The quantitative estimate of drug-likeness (QED) is 0.871. The number of benzene rings is 1. The Morgan fingerprint density at radius 1 is 1.35 bits per heavy atom. The van der Waals surface area contributed by atoms with Crippen LogP contribution in [0.4, 0.5) is 11.5 Å². The van der Waals surface area contributed by atoms with Crippen molar-refractivity contribution in [2.24, 2.45) is 5.73 Å². The van der Waals surface area contributed by atoms with Gasteiger partial charge < -0.3 is 10.6 Å². The van der Waals surface area contributed by atoms with Crippen LogP contribution in [0.15, 0.2) is 41.0 Å². The topological polar surface area (TPSA) is 42.1 Å². The fourth-order valence-electron chi connectivity index (χ4n) is 2.01. The normalized spacial score (nSPS) is 10.6. The molecule has 5 heteroatoms. The fraction of sp³-hybridized carbons (Fsp3) is 0.267. The molecule has 2 N–H and O–H groups in total. The van der Waals surface area contributed by atoms with Crippen LogP contribution in [0.5, 0.6) is 0 Å². The molecule has 2 aromatic rings. The molecule has 0 aliphatic carbocycles. The number of pyridine rings is 1. The number of rotatable bonds is 5. The van der Waals surface area contributed by atoms with Gasteiger partial charge in [-0.15, -0.1) is 0 Å². The summed E-state index contributed by atoms with van der Waals surface area (Å²) in [7, 11) is 0. The van der Waals surface area contributed by atoms with Crippen LogP contribution in [-0.2, 0) is 0 Å². The van der Waals surface area contributed by atoms with E-state index in [0.717, 1.165) is 28.9 Å². The van der Waals surface area contributed by atoms with Gasteiger partial charge in [0.15, 0.2) is 0 Å². The first-order chi connectivity index (χ1) is 9.61. The minimum Gasteiger partial charge on any atom is -0.330 e. The minimum atomic E-state index is 0.614. The van der Waals surface area contributed by atoms with Crippen molar-refractivity contribution in [2.45, 2.75) is 13.3 Å². The summed E-state index contributed by atoms with van der Waals surface area (Å²) in [6, 6.07) is 10.2. The molecule has 0 bridgehead atoms. The summed E-state index contributed by atoms with van der Waals surface area (Å²) in [6.45, 7) is 3.54. The minimum absolute atomic E-state index is 0.614. The average molecular weight is 355 g/mol. The fourth-order valence-corrected chi connectivity index (χ4v) is 2.86. The van der Waals surface area contributed by atoms with E-state index in [9.17, 15) is 0 Å². The number of halogens is 2. The van der Waals surface area contributed by atoms with Crippen molar-refractivity contribution >= 4 is 39.0 Å². The van der Waals surface area contributed by atoms with E-state index < -0.39 is 0 Å². The Morgan fingerprint density at radius 2 is 2.15 bits per heavy atom. The molecule has 0 unspecified atom stereocenters. The van der Waals surface area contributed by atoms with E-state index in [1.54, 1.807) is 6.20 Å². The van der Waals surface area contributed by atoms with Gasteiger partial charge in [-0.2, -0.15) is 0 Å². The van der Waals surface area contributed by atoms with E-state index in [1.165, 1.54) is 5.56 Å². The first kappa shape index (κ1) is 15.3. The Morgan fingerprint density at radius 3 is 2.80 bits per heavy atom. The maximum Gasteiger partial charge on any atom is 0.147 e. The number of anilines is 2. The first-order valence-electron chi connectivity index (χ1n) is 6.47. The number of aromatic nitrogens is 1. The van der Waals surface area contributed by atoms with Crippen molar-refractivity contribution in [3.8, 4) is 0 Å². The van der Waals surface area contributed by atoms with Gasteiger partial charge in [0.2, 0.25) is 0 Å². The second kappa shape index (κ2) is 7.07. The summed E-state index contributed by atoms with van der Waals surface area (Å²) >= 11 is 9.50. The molecule has 0 radical (unpaired) electrons. The molecule has 1 aromatic carbocycles. The van der Waals surface area contributed by atoms with Gasteiger partial charge >= 0.3 is 0 Å². The maximum atomic E-state index is 5.97. The Hall–Kier alpha value is -1.10. The molecule has 0 amide bonds. The third-order valence-corrected chi connectivity index (χ3v) is 3.73. The third kappa shape index (κ3) is 3.72. The first-order valence-corrected chi connectivity index (χ1v) is 7.64. The molecule has 0 spiro atoms. The van der Waals surface area contributed by atoms with Crippen LogP contribution >= 0.6 is 27.5 Å². The summed E-state index contributed by atoms with van der Waals surface area (Å²) < 4.78 is 0.878. The number of hydrogen-bond acceptors (Lipinski definition) is 3. The third-order valence-electron chi connectivity index (χ3n) is 2.94. The molecule has 20 heavy (non-hydrogen) atoms. The average Bonchev–Trinajstić information content (AvgIpc) is 2.41. The summed E-state index contributed by atoms with van der Waals surface area (Å²) in [5, 5.41) is 0.614. The monoisotopic (exact) mass is 353 g/mol. The van der Waals surface area contributed by atoms with Crippen LogP contribution in [-0.4, -0.2) is 18.1 Å². The van der Waals surface area contributed by atoms with Crippen molar-refractivity contribution in [1.82, 2.24) is 4.98 Å². The van der Waals surface area contributed by atoms with Gasteiger partial charge in [-0.05, 0) is 59.6 Å². The van der Waals surface area contributed by atoms with E-state index >= 15 is 0 Å². The molecule has 0 saturated carbocycles. The molecule has 0 atom stereocenters. The molecule has 106 valence electrons. The lowest BCUT2D eigenvalue weighted by Crippen LogP contribution is -2.22. The highest BCUT2D eigenvalue weighted by Crippen LogP contribution is 2.32. The molecule has 2 rings (SSSR count). The zero-order valence-corrected chi connectivity index (χ0v) is 13.7. The summed E-state index contributed by atoms with van der Waals surface area (Å²) in [6.07, 6.45) is 2.55. The van der Waals surface area contributed by atoms with Crippen LogP contribution in [0, 0.1) is 6.92 Å². The van der Waals surface area contributed by atoms with Crippen molar-refractivity contribution in [3.05, 3.63) is 51.6 Å². The molecule has 1 heterocycles. The predicted octanol–water partition coefficient (Wildman–Crippen LogP) is 4.29. The summed E-state index contributed by atoms with van der Waals surface area (Å²) in [5.41, 5.74) is 7.96. The van der Waals surface area contributed by atoms with E-state index in [1.807, 2.05) is 12.1 Å². The van der Waals surface area contributed by atoms with Gasteiger partial charge in [-0.1, -0.05) is 23.7 Å². The van der Waals surface area contributed by atoms with E-state index in [4.69, 9.17) is 17.3 Å². The van der Waals surface area contributed by atoms with E-state index in [-0.39, 0.29) is 0 Å². The van der Waals surface area contributed by atoms with Gasteiger partial charge in [-0.25, -0.2) is 4.98 Å². The highest BCUT2D eigenvalue weighted by molar-refractivity contribution is 9.10. The Labute approximate surface area is 132 Å². The zero-order chi connectivity index (χ0) is 14.5. The number of aryl methyl sites for hydroxylation is 1. The number of nitrogens with two attached hydrogens (primary N) is 1. The van der Waals surface area contributed by atoms with Gasteiger partial charge in [0.25, 0.3) is 0 Å². The molecular formula is C15H17BrClN3. The van der Waals surface area contributed by atoms with Crippen molar-refractivity contribution in [2.75, 3.05) is 18.0 Å². The molecule has 1 aromatic heterocycles.